The quantitative estimate of drug-likeness (QED) is 0.0828. The minimum Gasteiger partial charge on any atom is -0.462 e. The first-order valence-electron chi connectivity index (χ1n) is 13.1. The van der Waals surface area contributed by atoms with Gasteiger partial charge in [0, 0.05) is 11.6 Å². The molecule has 0 atom stereocenters. The number of carbonyl (C=O) groups excluding carboxylic acids is 2. The molecule has 0 spiro atoms. The van der Waals surface area contributed by atoms with Crippen molar-refractivity contribution >= 4 is 11.9 Å². The summed E-state index contributed by atoms with van der Waals surface area (Å²) in [5.74, 6) is -98.0. The summed E-state index contributed by atoms with van der Waals surface area (Å²) < 4.78 is 392. The van der Waals surface area contributed by atoms with Gasteiger partial charge in [-0.2, -0.15) is 132 Å². The van der Waals surface area contributed by atoms with Crippen molar-refractivity contribution in [3.63, 3.8) is 0 Å². The average molecular weight is 936 g/mol. The van der Waals surface area contributed by atoms with Gasteiger partial charge < -0.3 is 9.47 Å². The van der Waals surface area contributed by atoms with Gasteiger partial charge in [-0.25, -0.2) is 9.59 Å². The van der Waals surface area contributed by atoms with Gasteiger partial charge in [0.2, 0.25) is 0 Å². The monoisotopic (exact) mass is 936 g/mol. The van der Waals surface area contributed by atoms with Crippen LogP contribution in [0.1, 0.15) is 13.3 Å². The van der Waals surface area contributed by atoms with Gasteiger partial charge in [-0.05, 0) is 6.92 Å². The summed E-state index contributed by atoms with van der Waals surface area (Å²) >= 11 is 0. The van der Waals surface area contributed by atoms with E-state index in [2.05, 4.69) is 22.6 Å². The maximum Gasteiger partial charge on any atom is 0.460 e. The lowest BCUT2D eigenvalue weighted by molar-refractivity contribution is -0.462. The molecular formula is C24H14F30O4. The molecule has 0 radical (unpaired) electrons. The Morgan fingerprint density at radius 2 is 0.690 bits per heavy atom. The van der Waals surface area contributed by atoms with Crippen LogP contribution in [0.2, 0.25) is 0 Å². The van der Waals surface area contributed by atoms with Gasteiger partial charge in [0.25, 0.3) is 0 Å². The predicted octanol–water partition coefficient (Wildman–Crippen LogP) is 11.0. The Morgan fingerprint density at radius 1 is 0.431 bits per heavy atom. The molecule has 0 heterocycles. The lowest BCUT2D eigenvalue weighted by atomic mass is 9.89. The molecule has 34 heteroatoms. The topological polar surface area (TPSA) is 52.6 Å². The zero-order chi connectivity index (χ0) is 48.0. The number of esters is 2. The fourth-order valence-corrected chi connectivity index (χ4v) is 2.86. The van der Waals surface area contributed by atoms with Gasteiger partial charge in [-0.15, -0.1) is 0 Å². The summed E-state index contributed by atoms with van der Waals surface area (Å²) in [6, 6.07) is 0. The Kier molecular flexibility index (Phi) is 15.6. The van der Waals surface area contributed by atoms with Crippen molar-refractivity contribution in [1.82, 2.24) is 0 Å². The molecule has 0 amide bonds. The summed E-state index contributed by atoms with van der Waals surface area (Å²) in [5, 5.41) is 0. The van der Waals surface area contributed by atoms with Gasteiger partial charge in [0.05, 0.1) is 13.0 Å². The maximum absolute atomic E-state index is 13.3. The number of halogens is 30. The maximum atomic E-state index is 13.3. The van der Waals surface area contributed by atoms with Crippen LogP contribution in [0, 0.1) is 0 Å². The highest BCUT2D eigenvalue weighted by atomic mass is 19.4. The third-order valence-corrected chi connectivity index (χ3v) is 6.35. The summed E-state index contributed by atoms with van der Waals surface area (Å²) in [5.41, 5.74) is -0.466. The molecule has 344 valence electrons. The van der Waals surface area contributed by atoms with Crippen LogP contribution in [0.4, 0.5) is 132 Å². The second-order valence-electron chi connectivity index (χ2n) is 10.6. The molecule has 0 N–H and O–H groups in total. The molecule has 0 aromatic rings. The van der Waals surface area contributed by atoms with E-state index in [4.69, 9.17) is 0 Å². The minimum absolute atomic E-state index is 0.0745. The van der Waals surface area contributed by atoms with E-state index in [-0.39, 0.29) is 6.08 Å². The van der Waals surface area contributed by atoms with Gasteiger partial charge >= 0.3 is 95.4 Å². The van der Waals surface area contributed by atoms with Crippen molar-refractivity contribution in [1.29, 1.82) is 0 Å². The van der Waals surface area contributed by atoms with Gasteiger partial charge in [-0.3, -0.25) is 0 Å². The van der Waals surface area contributed by atoms with E-state index in [1.807, 2.05) is 0 Å². The van der Waals surface area contributed by atoms with Crippen LogP contribution < -0.4 is 0 Å². The number of carbonyl (C=O) groups is 2. The second kappa shape index (κ2) is 16.1. The fraction of sp³-hybridized carbons (Fsp3) is 0.750. The van der Waals surface area contributed by atoms with Crippen molar-refractivity contribution in [3.05, 3.63) is 24.8 Å². The van der Waals surface area contributed by atoms with E-state index < -0.39 is 121 Å². The Morgan fingerprint density at radius 3 is 0.948 bits per heavy atom. The number of rotatable bonds is 17. The third-order valence-electron chi connectivity index (χ3n) is 6.35. The number of alkyl halides is 30. The van der Waals surface area contributed by atoms with E-state index in [0.717, 1.165) is 6.92 Å². The van der Waals surface area contributed by atoms with Crippen molar-refractivity contribution in [3.8, 4) is 0 Å². The first kappa shape index (κ1) is 56.4. The average Bonchev–Trinajstić information content (AvgIpc) is 3.01. The molecule has 0 rings (SSSR count). The third kappa shape index (κ3) is 9.06. The molecule has 0 aliphatic rings. The second-order valence-corrected chi connectivity index (χ2v) is 10.6. The molecule has 0 unspecified atom stereocenters. The molecule has 0 aromatic heterocycles. The van der Waals surface area contributed by atoms with E-state index in [1.54, 1.807) is 0 Å². The van der Waals surface area contributed by atoms with E-state index in [1.165, 1.54) is 0 Å². The Balaban J connectivity index is 0. The molecule has 0 saturated heterocycles. The van der Waals surface area contributed by atoms with Crippen LogP contribution in [0.15, 0.2) is 24.8 Å². The van der Waals surface area contributed by atoms with Gasteiger partial charge in [-0.1, -0.05) is 13.2 Å². The molecular weight excluding hydrogens is 922 g/mol. The van der Waals surface area contributed by atoms with E-state index in [0.29, 0.717) is 0 Å². The molecule has 0 aliphatic carbocycles. The van der Waals surface area contributed by atoms with Crippen LogP contribution in [-0.4, -0.2) is 109 Å². The summed E-state index contributed by atoms with van der Waals surface area (Å²) in [7, 11) is 0. The minimum atomic E-state index is -8.69. The molecule has 4 nitrogen and oxygen atoms in total. The summed E-state index contributed by atoms with van der Waals surface area (Å²) in [6.45, 7) is 1.30. The lowest BCUT2D eigenvalue weighted by Gasteiger charge is -2.42. The lowest BCUT2D eigenvalue weighted by Crippen LogP contribution is -2.74. The predicted molar refractivity (Wildman–Crippen MR) is 123 cm³/mol. The molecule has 0 bridgehead atoms. The first-order valence-corrected chi connectivity index (χ1v) is 13.1. The first-order chi connectivity index (χ1) is 24.8. The zero-order valence-corrected chi connectivity index (χ0v) is 26.6. The SMILES string of the molecule is C=C(C)C(=O)OCCC(F)(F)C(F)(F)C(F)(F)C(F)(F)C(F)(F)C(F)(F)F.C=CC(=O)OCC(F)(F)C(F)(F)C(F)(F)C(F)(F)C(F)(F)C(F)(F)C(F)(F)C(F)(F)F. The summed E-state index contributed by atoms with van der Waals surface area (Å²) in [6.07, 6.45) is -17.9. The number of hydrogen-bond acceptors (Lipinski definition) is 4. The van der Waals surface area contributed by atoms with Crippen molar-refractivity contribution in [2.24, 2.45) is 0 Å². The van der Waals surface area contributed by atoms with Crippen molar-refractivity contribution in [2.75, 3.05) is 13.2 Å². The molecule has 0 saturated carbocycles. The van der Waals surface area contributed by atoms with Gasteiger partial charge in [0.15, 0.2) is 6.61 Å². The fourth-order valence-electron chi connectivity index (χ4n) is 2.86. The largest absolute Gasteiger partial charge is 0.462 e. The van der Waals surface area contributed by atoms with Crippen LogP contribution in [0.3, 0.4) is 0 Å². The highest BCUT2D eigenvalue weighted by Crippen LogP contribution is 2.64. The highest BCUT2D eigenvalue weighted by Gasteiger charge is 2.95. The molecule has 58 heavy (non-hydrogen) atoms. The smallest absolute Gasteiger partial charge is 0.460 e. The Hall–Kier alpha value is -3.68. The summed E-state index contributed by atoms with van der Waals surface area (Å²) in [4.78, 5) is 21.3. The van der Waals surface area contributed by atoms with Crippen LogP contribution in [0.25, 0.3) is 0 Å². The number of ether oxygens (including phenoxy) is 2. The normalized spacial score (nSPS) is 15.3. The van der Waals surface area contributed by atoms with Crippen molar-refractivity contribution in [2.45, 2.75) is 96.8 Å². The molecule has 0 aromatic carbocycles. The molecule has 0 aliphatic heterocycles. The van der Waals surface area contributed by atoms with Crippen LogP contribution in [-0.2, 0) is 19.1 Å². The van der Waals surface area contributed by atoms with Gasteiger partial charge in [0.1, 0.15) is 0 Å². The van der Waals surface area contributed by atoms with Crippen LogP contribution >= 0.6 is 0 Å². The Labute approximate surface area is 298 Å². The van der Waals surface area contributed by atoms with Crippen molar-refractivity contribution < 1.29 is 151 Å². The van der Waals surface area contributed by atoms with Crippen LogP contribution in [0.5, 0.6) is 0 Å². The number of hydrogen-bond donors (Lipinski definition) is 0. The van der Waals surface area contributed by atoms with E-state index >= 15 is 0 Å². The standard InChI is InChI=1S/C12H5F17O2.C12H9F13O2/c1-2-4(30)31-3-5(13,14)6(15,16)7(17,18)8(19,20)9(21,22)10(23,24)11(25,26)12(27,28)29;1-5(2)6(26)27-4-3-7(13,14)8(15,16)9(17,18)10(19,20)11(21,22)12(23,24)25/h2H,1,3H2;1,3-4H2,2H3. The Bertz CT molecular complexity index is 1490. The van der Waals surface area contributed by atoms with E-state index in [9.17, 15) is 141 Å². The molecule has 0 fully saturated rings. The zero-order valence-electron chi connectivity index (χ0n) is 26.6. The highest BCUT2D eigenvalue weighted by molar-refractivity contribution is 5.86.